The smallest absolute Gasteiger partial charge is 0.383 e. The third kappa shape index (κ3) is 15.4. The van der Waals surface area contributed by atoms with Crippen LogP contribution in [-0.4, -0.2) is 33.2 Å². The molecule has 27 heavy (non-hydrogen) atoms. The van der Waals surface area contributed by atoms with Crippen LogP contribution in [0.3, 0.4) is 0 Å². The molecule has 0 heterocycles. The molecular formula is C21H39F3N2O. The zero-order valence-electron chi connectivity index (χ0n) is 18.1. The SMILES string of the molecule is C=NC(=C(C)CC)C(/C=C\C)=C/C(CCC)C(F)(F)F.CC.COCCN. The second-order valence-corrected chi connectivity index (χ2v) is 5.48. The number of ether oxygens (including phenoxy) is 1. The molecule has 0 saturated carbocycles. The zero-order chi connectivity index (χ0) is 21.9. The Kier molecular flexibility index (Phi) is 21.8. The number of halogens is 3. The first-order chi connectivity index (χ1) is 12.7. The highest BCUT2D eigenvalue weighted by Crippen LogP contribution is 2.33. The average molecular weight is 393 g/mol. The van der Waals surface area contributed by atoms with Crippen LogP contribution in [0.25, 0.3) is 0 Å². The third-order valence-electron chi connectivity index (χ3n) is 3.44. The Hall–Kier alpha value is -1.40. The molecule has 2 N–H and O–H groups in total. The molecule has 0 rings (SSSR count). The number of nitrogens with two attached hydrogens (primary N) is 1. The molecule has 0 aromatic heterocycles. The molecule has 0 aliphatic carbocycles. The van der Waals surface area contributed by atoms with Gasteiger partial charge >= 0.3 is 6.18 Å². The highest BCUT2D eigenvalue weighted by atomic mass is 19.4. The summed E-state index contributed by atoms with van der Waals surface area (Å²) in [5, 5.41) is 0. The first-order valence-electron chi connectivity index (χ1n) is 9.50. The van der Waals surface area contributed by atoms with Crippen LogP contribution in [0, 0.1) is 5.92 Å². The van der Waals surface area contributed by atoms with Crippen molar-refractivity contribution < 1.29 is 17.9 Å². The first-order valence-corrected chi connectivity index (χ1v) is 9.50. The maximum absolute atomic E-state index is 13.0. The lowest BCUT2D eigenvalue weighted by atomic mass is 9.96. The van der Waals surface area contributed by atoms with Gasteiger partial charge in [0.15, 0.2) is 0 Å². The Balaban J connectivity index is -0.000000705. The second-order valence-electron chi connectivity index (χ2n) is 5.48. The number of methoxy groups -OCH3 is 1. The summed E-state index contributed by atoms with van der Waals surface area (Å²) in [5.74, 6) is -1.44. The monoisotopic (exact) mass is 392 g/mol. The van der Waals surface area contributed by atoms with Crippen LogP contribution in [0.2, 0.25) is 0 Å². The quantitative estimate of drug-likeness (QED) is 0.361. The molecule has 6 heteroatoms. The van der Waals surface area contributed by atoms with Crippen molar-refractivity contribution >= 4 is 6.72 Å². The molecule has 0 radical (unpaired) electrons. The second kappa shape index (κ2) is 19.4. The fourth-order valence-electron chi connectivity index (χ4n) is 2.02. The molecule has 3 nitrogen and oxygen atoms in total. The van der Waals surface area contributed by atoms with E-state index < -0.39 is 12.1 Å². The van der Waals surface area contributed by atoms with Gasteiger partial charge in [-0.05, 0) is 44.6 Å². The molecule has 0 bridgehead atoms. The largest absolute Gasteiger partial charge is 0.395 e. The van der Waals surface area contributed by atoms with Gasteiger partial charge in [0, 0.05) is 13.7 Å². The van der Waals surface area contributed by atoms with E-state index in [-0.39, 0.29) is 6.42 Å². The molecule has 0 aromatic carbocycles. The zero-order valence-corrected chi connectivity index (χ0v) is 18.1. The van der Waals surface area contributed by atoms with Crippen molar-refractivity contribution in [2.75, 3.05) is 20.3 Å². The third-order valence-corrected chi connectivity index (χ3v) is 3.44. The normalized spacial score (nSPS) is 13.8. The van der Waals surface area contributed by atoms with Crippen LogP contribution < -0.4 is 5.73 Å². The summed E-state index contributed by atoms with van der Waals surface area (Å²) in [5.41, 5.74) is 7.00. The van der Waals surface area contributed by atoms with E-state index in [9.17, 15) is 13.2 Å². The predicted molar refractivity (Wildman–Crippen MR) is 112 cm³/mol. The lowest BCUT2D eigenvalue weighted by Crippen LogP contribution is -2.21. The van der Waals surface area contributed by atoms with Crippen molar-refractivity contribution in [3.8, 4) is 0 Å². The highest BCUT2D eigenvalue weighted by molar-refractivity contribution is 5.46. The summed E-state index contributed by atoms with van der Waals surface area (Å²) in [6, 6.07) is 0. The average Bonchev–Trinajstić information content (AvgIpc) is 2.63. The van der Waals surface area contributed by atoms with Crippen LogP contribution in [0.1, 0.15) is 60.8 Å². The number of rotatable bonds is 9. The van der Waals surface area contributed by atoms with Gasteiger partial charge in [0.25, 0.3) is 0 Å². The Morgan fingerprint density at radius 1 is 1.26 bits per heavy atom. The minimum atomic E-state index is -4.23. The standard InChI is InChI=1S/C16H24F3N.C3H9NO.C2H6/c1-6-9-13(15(20-5)12(4)8-3)11-14(10-7-2)16(17,18)19;1-5-3-2-4;1-2/h6,9,11,14H,5,7-8,10H2,1-4H3;2-4H2,1H3;1-2H3/b9-6-,13-11+,15-12?;;. The molecule has 1 atom stereocenters. The van der Waals surface area contributed by atoms with Crippen LogP contribution in [0.5, 0.6) is 0 Å². The van der Waals surface area contributed by atoms with Gasteiger partial charge in [-0.1, -0.05) is 52.3 Å². The minimum Gasteiger partial charge on any atom is -0.383 e. The van der Waals surface area contributed by atoms with E-state index in [4.69, 9.17) is 5.73 Å². The molecule has 0 aliphatic heterocycles. The van der Waals surface area contributed by atoms with Gasteiger partial charge in [-0.15, -0.1) is 0 Å². The summed E-state index contributed by atoms with van der Waals surface area (Å²) >= 11 is 0. The molecule has 0 aliphatic rings. The van der Waals surface area contributed by atoms with Crippen molar-refractivity contribution in [2.45, 2.75) is 67.0 Å². The van der Waals surface area contributed by atoms with Crippen molar-refractivity contribution in [3.63, 3.8) is 0 Å². The molecule has 0 aromatic rings. The van der Waals surface area contributed by atoms with Crippen LogP contribution in [-0.2, 0) is 4.74 Å². The Bertz CT molecular complexity index is 451. The predicted octanol–water partition coefficient (Wildman–Crippen LogP) is 6.47. The fourth-order valence-corrected chi connectivity index (χ4v) is 2.02. The van der Waals surface area contributed by atoms with Gasteiger partial charge in [-0.25, -0.2) is 0 Å². The van der Waals surface area contributed by atoms with E-state index in [2.05, 4.69) is 16.4 Å². The lowest BCUT2D eigenvalue weighted by Gasteiger charge is -2.18. The highest BCUT2D eigenvalue weighted by Gasteiger charge is 2.37. The number of hydrogen-bond donors (Lipinski definition) is 1. The van der Waals surface area contributed by atoms with E-state index in [1.165, 1.54) is 6.08 Å². The molecular weight excluding hydrogens is 353 g/mol. The lowest BCUT2D eigenvalue weighted by molar-refractivity contribution is -0.162. The van der Waals surface area contributed by atoms with Crippen molar-refractivity contribution in [2.24, 2.45) is 16.6 Å². The summed E-state index contributed by atoms with van der Waals surface area (Å²) in [6.07, 6.45) is 1.73. The topological polar surface area (TPSA) is 47.6 Å². The van der Waals surface area contributed by atoms with Gasteiger partial charge in [0.05, 0.1) is 18.2 Å². The fraction of sp³-hybridized carbons (Fsp3) is 0.667. The van der Waals surface area contributed by atoms with Gasteiger partial charge in [0.2, 0.25) is 0 Å². The molecule has 0 amide bonds. The Labute approximate surface area is 164 Å². The van der Waals surface area contributed by atoms with E-state index >= 15 is 0 Å². The number of alkyl halides is 3. The van der Waals surface area contributed by atoms with Crippen LogP contribution in [0.4, 0.5) is 13.2 Å². The van der Waals surface area contributed by atoms with Gasteiger partial charge < -0.3 is 10.5 Å². The van der Waals surface area contributed by atoms with E-state index in [0.717, 1.165) is 12.0 Å². The van der Waals surface area contributed by atoms with Crippen molar-refractivity contribution in [1.29, 1.82) is 0 Å². The van der Waals surface area contributed by atoms with E-state index in [0.29, 0.717) is 30.8 Å². The van der Waals surface area contributed by atoms with E-state index in [1.807, 2.05) is 27.7 Å². The minimum absolute atomic E-state index is 0.0835. The van der Waals surface area contributed by atoms with Crippen LogP contribution in [0.15, 0.2) is 40.1 Å². The van der Waals surface area contributed by atoms with Gasteiger partial charge in [-0.3, -0.25) is 4.99 Å². The maximum atomic E-state index is 13.0. The molecule has 0 saturated heterocycles. The van der Waals surface area contributed by atoms with Gasteiger partial charge in [0.1, 0.15) is 0 Å². The number of aliphatic imine (C=N–C) groups is 1. The number of nitrogens with zero attached hydrogens (tertiary/aromatic N) is 1. The summed E-state index contributed by atoms with van der Waals surface area (Å²) in [6.45, 7) is 16.1. The van der Waals surface area contributed by atoms with Crippen molar-refractivity contribution in [3.05, 3.63) is 35.1 Å². The summed E-state index contributed by atoms with van der Waals surface area (Å²) in [7, 11) is 1.63. The summed E-state index contributed by atoms with van der Waals surface area (Å²) in [4.78, 5) is 3.92. The van der Waals surface area contributed by atoms with Crippen molar-refractivity contribution in [1.82, 2.24) is 0 Å². The maximum Gasteiger partial charge on any atom is 0.395 e. The molecule has 160 valence electrons. The Morgan fingerprint density at radius 3 is 2.07 bits per heavy atom. The Morgan fingerprint density at radius 2 is 1.81 bits per heavy atom. The van der Waals surface area contributed by atoms with Crippen LogP contribution >= 0.6 is 0 Å². The number of allylic oxidation sites excluding steroid dienone is 4. The summed E-state index contributed by atoms with van der Waals surface area (Å²) < 4.78 is 43.6. The molecule has 1 unspecified atom stereocenters. The number of hydrogen-bond acceptors (Lipinski definition) is 3. The molecule has 0 spiro atoms. The van der Waals surface area contributed by atoms with E-state index in [1.54, 1.807) is 33.1 Å². The van der Waals surface area contributed by atoms with Gasteiger partial charge in [-0.2, -0.15) is 13.2 Å². The first kappa shape index (κ1) is 30.3. The molecule has 0 fully saturated rings.